The van der Waals surface area contributed by atoms with Gasteiger partial charge in [-0.3, -0.25) is 0 Å². The summed E-state index contributed by atoms with van der Waals surface area (Å²) in [6.07, 6.45) is 11.6. The van der Waals surface area contributed by atoms with E-state index in [0.29, 0.717) is 5.41 Å². The van der Waals surface area contributed by atoms with Crippen LogP contribution < -0.4 is 0 Å². The summed E-state index contributed by atoms with van der Waals surface area (Å²) in [7, 11) is 0. The Morgan fingerprint density at radius 2 is 1.80 bits per heavy atom. The third-order valence-electron chi connectivity index (χ3n) is 4.62. The Morgan fingerprint density at radius 3 is 2.40 bits per heavy atom. The van der Waals surface area contributed by atoms with Gasteiger partial charge < -0.3 is 0 Å². The first-order valence-electron chi connectivity index (χ1n) is 7.07. The molecule has 0 saturated heterocycles. The van der Waals surface area contributed by atoms with E-state index >= 15 is 0 Å². The standard InChI is InChI=1S/C15H30/c1-5-6-7-8-10-15(4)11-9-13(2)14(3)12-15/h13-14H,5-12H2,1-4H3. The molecule has 0 nitrogen and oxygen atoms in total. The van der Waals surface area contributed by atoms with E-state index in [-0.39, 0.29) is 0 Å². The zero-order valence-corrected chi connectivity index (χ0v) is 11.3. The van der Waals surface area contributed by atoms with Crippen molar-refractivity contribution in [3.05, 3.63) is 0 Å². The Balaban J connectivity index is 2.26. The van der Waals surface area contributed by atoms with Crippen LogP contribution in [0.15, 0.2) is 0 Å². The molecule has 0 heteroatoms. The molecule has 0 aromatic rings. The highest BCUT2D eigenvalue weighted by molar-refractivity contribution is 4.84. The van der Waals surface area contributed by atoms with Gasteiger partial charge in [0, 0.05) is 0 Å². The van der Waals surface area contributed by atoms with E-state index < -0.39 is 0 Å². The number of hydrogen-bond donors (Lipinski definition) is 0. The molecular formula is C15H30. The smallest absolute Gasteiger partial charge is 0.0323 e. The normalized spacial score (nSPS) is 36.8. The van der Waals surface area contributed by atoms with Gasteiger partial charge in [0.2, 0.25) is 0 Å². The molecule has 0 spiro atoms. The SMILES string of the molecule is CCCCCCC1(C)CCC(C)C(C)C1. The van der Waals surface area contributed by atoms with Crippen LogP contribution in [0.1, 0.15) is 79.1 Å². The van der Waals surface area contributed by atoms with Gasteiger partial charge in [-0.25, -0.2) is 0 Å². The van der Waals surface area contributed by atoms with Gasteiger partial charge in [-0.2, -0.15) is 0 Å². The van der Waals surface area contributed by atoms with E-state index in [4.69, 9.17) is 0 Å². The molecule has 0 heterocycles. The highest BCUT2D eigenvalue weighted by Crippen LogP contribution is 2.44. The summed E-state index contributed by atoms with van der Waals surface area (Å²) in [4.78, 5) is 0. The summed E-state index contributed by atoms with van der Waals surface area (Å²) in [5.74, 6) is 1.92. The van der Waals surface area contributed by atoms with Gasteiger partial charge in [-0.15, -0.1) is 0 Å². The first kappa shape index (κ1) is 13.1. The second kappa shape index (κ2) is 5.92. The quantitative estimate of drug-likeness (QED) is 0.532. The summed E-state index contributed by atoms with van der Waals surface area (Å²) >= 11 is 0. The maximum Gasteiger partial charge on any atom is -0.0323 e. The average Bonchev–Trinajstić information content (AvgIpc) is 2.20. The Labute approximate surface area is 96.8 Å². The molecule has 0 N–H and O–H groups in total. The predicted octanol–water partition coefficient (Wildman–Crippen LogP) is 5.42. The largest absolute Gasteiger partial charge is 0.0654 e. The van der Waals surface area contributed by atoms with Gasteiger partial charge in [0.25, 0.3) is 0 Å². The molecule has 0 aliphatic heterocycles. The molecule has 0 aromatic carbocycles. The molecule has 90 valence electrons. The topological polar surface area (TPSA) is 0 Å². The van der Waals surface area contributed by atoms with Crippen molar-refractivity contribution in [3.8, 4) is 0 Å². The molecule has 3 unspecified atom stereocenters. The molecule has 0 bridgehead atoms. The van der Waals surface area contributed by atoms with Crippen molar-refractivity contribution in [2.75, 3.05) is 0 Å². The van der Waals surface area contributed by atoms with Crippen LogP contribution in [0.3, 0.4) is 0 Å². The summed E-state index contributed by atoms with van der Waals surface area (Å²) in [5.41, 5.74) is 0.680. The lowest BCUT2D eigenvalue weighted by Crippen LogP contribution is -2.29. The number of rotatable bonds is 5. The average molecular weight is 210 g/mol. The summed E-state index contributed by atoms with van der Waals surface area (Å²) in [5, 5.41) is 0. The fraction of sp³-hybridized carbons (Fsp3) is 1.00. The number of hydrogen-bond acceptors (Lipinski definition) is 0. The lowest BCUT2D eigenvalue weighted by molar-refractivity contribution is 0.109. The summed E-state index contributed by atoms with van der Waals surface area (Å²) in [6, 6.07) is 0. The minimum absolute atomic E-state index is 0.680. The van der Waals surface area contributed by atoms with Gasteiger partial charge in [0.1, 0.15) is 0 Å². The molecule has 15 heavy (non-hydrogen) atoms. The van der Waals surface area contributed by atoms with Gasteiger partial charge in [-0.05, 0) is 42.9 Å². The van der Waals surface area contributed by atoms with Crippen LogP contribution in [0.5, 0.6) is 0 Å². The maximum absolute atomic E-state index is 2.53. The molecule has 1 rings (SSSR count). The van der Waals surface area contributed by atoms with E-state index in [0.717, 1.165) is 11.8 Å². The molecule has 0 radical (unpaired) electrons. The minimum Gasteiger partial charge on any atom is -0.0654 e. The lowest BCUT2D eigenvalue weighted by atomic mass is 9.65. The lowest BCUT2D eigenvalue weighted by Gasteiger charge is -2.40. The van der Waals surface area contributed by atoms with Crippen LogP contribution in [-0.2, 0) is 0 Å². The third kappa shape index (κ3) is 4.17. The molecule has 0 amide bonds. The van der Waals surface area contributed by atoms with E-state index in [9.17, 15) is 0 Å². The fourth-order valence-corrected chi connectivity index (χ4v) is 3.15. The van der Waals surface area contributed by atoms with Crippen molar-refractivity contribution in [1.29, 1.82) is 0 Å². The van der Waals surface area contributed by atoms with Gasteiger partial charge in [0.15, 0.2) is 0 Å². The zero-order valence-electron chi connectivity index (χ0n) is 11.3. The van der Waals surface area contributed by atoms with E-state index in [2.05, 4.69) is 27.7 Å². The predicted molar refractivity (Wildman–Crippen MR) is 69.0 cm³/mol. The highest BCUT2D eigenvalue weighted by Gasteiger charge is 2.32. The Bertz CT molecular complexity index is 173. The second-order valence-corrected chi connectivity index (χ2v) is 6.32. The molecule has 3 atom stereocenters. The van der Waals surface area contributed by atoms with Gasteiger partial charge in [-0.1, -0.05) is 53.4 Å². The summed E-state index contributed by atoms with van der Waals surface area (Å²) in [6.45, 7) is 9.71. The molecule has 1 saturated carbocycles. The van der Waals surface area contributed by atoms with Crippen LogP contribution >= 0.6 is 0 Å². The Morgan fingerprint density at radius 1 is 1.07 bits per heavy atom. The maximum atomic E-state index is 2.53. The zero-order chi connectivity index (χ0) is 11.3. The summed E-state index contributed by atoms with van der Waals surface area (Å²) < 4.78 is 0. The third-order valence-corrected chi connectivity index (χ3v) is 4.62. The molecule has 1 aliphatic rings. The first-order chi connectivity index (χ1) is 7.07. The van der Waals surface area contributed by atoms with E-state index in [1.165, 1.54) is 51.4 Å². The molecule has 1 aliphatic carbocycles. The van der Waals surface area contributed by atoms with Gasteiger partial charge >= 0.3 is 0 Å². The first-order valence-corrected chi connectivity index (χ1v) is 7.07. The van der Waals surface area contributed by atoms with Crippen molar-refractivity contribution in [3.63, 3.8) is 0 Å². The number of unbranched alkanes of at least 4 members (excludes halogenated alkanes) is 3. The van der Waals surface area contributed by atoms with Crippen LogP contribution in [0, 0.1) is 17.3 Å². The van der Waals surface area contributed by atoms with Crippen molar-refractivity contribution in [2.24, 2.45) is 17.3 Å². The minimum atomic E-state index is 0.680. The van der Waals surface area contributed by atoms with Crippen LogP contribution in [0.4, 0.5) is 0 Å². The van der Waals surface area contributed by atoms with Crippen molar-refractivity contribution < 1.29 is 0 Å². The van der Waals surface area contributed by atoms with Gasteiger partial charge in [0.05, 0.1) is 0 Å². The van der Waals surface area contributed by atoms with Crippen LogP contribution in [0.2, 0.25) is 0 Å². The fourth-order valence-electron chi connectivity index (χ4n) is 3.15. The highest BCUT2D eigenvalue weighted by atomic mass is 14.4. The van der Waals surface area contributed by atoms with Crippen molar-refractivity contribution in [2.45, 2.75) is 79.1 Å². The Kier molecular flexibility index (Phi) is 5.15. The van der Waals surface area contributed by atoms with Crippen molar-refractivity contribution in [1.82, 2.24) is 0 Å². The molecule has 1 fully saturated rings. The van der Waals surface area contributed by atoms with Crippen LogP contribution in [0.25, 0.3) is 0 Å². The monoisotopic (exact) mass is 210 g/mol. The van der Waals surface area contributed by atoms with E-state index in [1.54, 1.807) is 0 Å². The Hall–Kier alpha value is 0. The van der Waals surface area contributed by atoms with E-state index in [1.807, 2.05) is 0 Å². The van der Waals surface area contributed by atoms with Crippen molar-refractivity contribution >= 4 is 0 Å². The second-order valence-electron chi connectivity index (χ2n) is 6.32. The van der Waals surface area contributed by atoms with Crippen LogP contribution in [-0.4, -0.2) is 0 Å². The molecule has 0 aromatic heterocycles. The molecular weight excluding hydrogens is 180 g/mol.